The van der Waals surface area contributed by atoms with E-state index in [1.54, 1.807) is 0 Å². The van der Waals surface area contributed by atoms with Gasteiger partial charge in [0.2, 0.25) is 0 Å². The number of carbonyl (C=O) groups excluding carboxylic acids is 1. The predicted octanol–water partition coefficient (Wildman–Crippen LogP) is 5.79. The zero-order valence-electron chi connectivity index (χ0n) is 17.6. The molecule has 4 aliphatic rings. The standard InChI is InChI=1S/C24H27BrO3Si/c1-23(2,3)29(4,5)27-13-9-8-12-18-16-10-6-7-11-17(16)19-14-21-20(25)15-24(18,19)22(26)28-21/h6-7,10-12,15,19,21H,13-14H2,1-5H3/b18-12+/t19-,21+,24-/m1/s1. The molecular formula is C24H27BrO3Si. The first-order valence-corrected chi connectivity index (χ1v) is 13.8. The Hall–Kier alpha value is -1.61. The highest BCUT2D eigenvalue weighted by molar-refractivity contribution is 9.11. The highest BCUT2D eigenvalue weighted by Gasteiger charge is 2.61. The maximum absolute atomic E-state index is 13.0. The maximum atomic E-state index is 13.0. The molecule has 2 aliphatic heterocycles. The van der Waals surface area contributed by atoms with E-state index >= 15 is 0 Å². The first-order chi connectivity index (χ1) is 13.6. The Morgan fingerprint density at radius 3 is 2.79 bits per heavy atom. The molecule has 29 heavy (non-hydrogen) atoms. The van der Waals surface area contributed by atoms with Gasteiger partial charge in [0.15, 0.2) is 8.32 Å². The second kappa shape index (κ2) is 6.97. The van der Waals surface area contributed by atoms with Crippen molar-refractivity contribution in [1.29, 1.82) is 0 Å². The van der Waals surface area contributed by atoms with Crippen molar-refractivity contribution in [3.63, 3.8) is 0 Å². The van der Waals surface area contributed by atoms with Gasteiger partial charge in [0.25, 0.3) is 0 Å². The van der Waals surface area contributed by atoms with Gasteiger partial charge in [-0.1, -0.05) is 72.8 Å². The summed E-state index contributed by atoms with van der Waals surface area (Å²) in [6.07, 6.45) is 4.58. The minimum absolute atomic E-state index is 0.114. The van der Waals surface area contributed by atoms with E-state index < -0.39 is 13.7 Å². The molecule has 5 rings (SSSR count). The fourth-order valence-corrected chi connectivity index (χ4v) is 5.78. The molecule has 5 heteroatoms. The van der Waals surface area contributed by atoms with Crippen LogP contribution in [0, 0.1) is 17.3 Å². The number of fused-ring (bicyclic) bond motifs is 2. The SMILES string of the molecule is CC(C)(C)[Si](C)(C)OCC#C/C=C1\c2ccccc2[C@H]2C[C@@H]3OC(=O)[C@]12C=C3Br. The van der Waals surface area contributed by atoms with E-state index in [1.807, 2.05) is 18.2 Å². The summed E-state index contributed by atoms with van der Waals surface area (Å²) in [6.45, 7) is 11.5. The van der Waals surface area contributed by atoms with Gasteiger partial charge < -0.3 is 9.16 Å². The second-order valence-electron chi connectivity index (χ2n) is 9.60. The molecule has 0 radical (unpaired) electrons. The molecule has 0 aromatic heterocycles. The summed E-state index contributed by atoms with van der Waals surface area (Å²) in [5, 5.41) is 0.158. The average molecular weight is 471 g/mol. The minimum Gasteiger partial charge on any atom is -0.456 e. The smallest absolute Gasteiger partial charge is 0.321 e. The van der Waals surface area contributed by atoms with E-state index in [1.165, 1.54) is 5.56 Å². The molecule has 152 valence electrons. The summed E-state index contributed by atoms with van der Waals surface area (Å²) in [5.74, 6) is 6.27. The van der Waals surface area contributed by atoms with E-state index in [9.17, 15) is 4.79 Å². The molecule has 1 aromatic carbocycles. The molecule has 0 N–H and O–H groups in total. The predicted molar refractivity (Wildman–Crippen MR) is 122 cm³/mol. The fraction of sp³-hybridized carbons (Fsp3) is 0.458. The highest BCUT2D eigenvalue weighted by Crippen LogP contribution is 2.64. The molecule has 0 unspecified atom stereocenters. The number of allylic oxidation sites excluding steroid dienone is 1. The van der Waals surface area contributed by atoms with Crippen molar-refractivity contribution in [2.24, 2.45) is 5.41 Å². The van der Waals surface area contributed by atoms with Crippen molar-refractivity contribution in [2.75, 3.05) is 6.61 Å². The summed E-state index contributed by atoms with van der Waals surface area (Å²) in [7, 11) is -1.82. The molecule has 1 saturated heterocycles. The maximum Gasteiger partial charge on any atom is 0.321 e. The van der Waals surface area contributed by atoms with Gasteiger partial charge in [0, 0.05) is 10.4 Å². The Morgan fingerprint density at radius 1 is 1.34 bits per heavy atom. The first-order valence-electron chi connectivity index (χ1n) is 10.1. The van der Waals surface area contributed by atoms with Crippen LogP contribution in [0.5, 0.6) is 0 Å². The van der Waals surface area contributed by atoms with Crippen LogP contribution < -0.4 is 0 Å². The summed E-state index contributed by atoms with van der Waals surface area (Å²) < 4.78 is 12.8. The van der Waals surface area contributed by atoms with Gasteiger partial charge in [0.05, 0.1) is 6.61 Å². The number of hydrogen-bond donors (Lipinski definition) is 0. The molecule has 2 bridgehead atoms. The van der Waals surface area contributed by atoms with Crippen LogP contribution in [0.15, 0.2) is 40.9 Å². The number of benzene rings is 1. The van der Waals surface area contributed by atoms with Gasteiger partial charge in [-0.3, -0.25) is 4.79 Å². The lowest BCUT2D eigenvalue weighted by Gasteiger charge is -2.44. The summed E-state index contributed by atoms with van der Waals surface area (Å²) in [4.78, 5) is 13.0. The van der Waals surface area contributed by atoms with Crippen molar-refractivity contribution in [2.45, 2.75) is 57.3 Å². The Balaban J connectivity index is 1.68. The van der Waals surface area contributed by atoms with Gasteiger partial charge in [-0.25, -0.2) is 0 Å². The lowest BCUT2D eigenvalue weighted by Crippen LogP contribution is -2.47. The number of esters is 1. The molecular weight excluding hydrogens is 444 g/mol. The molecule has 1 spiro atoms. The van der Waals surface area contributed by atoms with E-state index in [0.29, 0.717) is 6.61 Å². The Morgan fingerprint density at radius 2 is 2.07 bits per heavy atom. The van der Waals surface area contributed by atoms with Crippen LogP contribution in [-0.2, 0) is 14.0 Å². The van der Waals surface area contributed by atoms with Gasteiger partial charge >= 0.3 is 5.97 Å². The molecule has 2 aliphatic carbocycles. The summed E-state index contributed by atoms with van der Waals surface area (Å²) in [6, 6.07) is 8.28. The van der Waals surface area contributed by atoms with Crippen LogP contribution in [0.3, 0.4) is 0 Å². The quantitative estimate of drug-likeness (QED) is 0.311. The van der Waals surface area contributed by atoms with Crippen LogP contribution in [0.25, 0.3) is 5.57 Å². The molecule has 2 heterocycles. The Kier molecular flexibility index (Phi) is 4.97. The molecule has 1 fully saturated rings. The van der Waals surface area contributed by atoms with Crippen LogP contribution in [0.4, 0.5) is 0 Å². The number of carbonyl (C=O) groups is 1. The van der Waals surface area contributed by atoms with E-state index in [4.69, 9.17) is 9.16 Å². The highest BCUT2D eigenvalue weighted by atomic mass is 79.9. The van der Waals surface area contributed by atoms with Crippen molar-refractivity contribution in [1.82, 2.24) is 0 Å². The van der Waals surface area contributed by atoms with Crippen LogP contribution >= 0.6 is 15.9 Å². The third-order valence-corrected chi connectivity index (χ3v) is 12.2. The van der Waals surface area contributed by atoms with Crippen molar-refractivity contribution in [3.05, 3.63) is 52.0 Å². The lowest BCUT2D eigenvalue weighted by molar-refractivity contribution is -0.163. The number of halogens is 1. The third-order valence-electron chi connectivity index (χ3n) is 6.96. The largest absolute Gasteiger partial charge is 0.456 e. The molecule has 0 amide bonds. The van der Waals surface area contributed by atoms with Gasteiger partial charge in [-0.15, -0.1) is 0 Å². The third kappa shape index (κ3) is 3.17. The lowest BCUT2D eigenvalue weighted by atomic mass is 9.66. The summed E-state index contributed by atoms with van der Waals surface area (Å²) >= 11 is 3.61. The Labute approximate surface area is 182 Å². The fourth-order valence-electron chi connectivity index (χ4n) is 4.27. The monoisotopic (exact) mass is 470 g/mol. The first kappa shape index (κ1) is 20.7. The molecule has 0 saturated carbocycles. The molecule has 3 nitrogen and oxygen atoms in total. The second-order valence-corrected chi connectivity index (χ2v) is 15.3. The van der Waals surface area contributed by atoms with E-state index in [0.717, 1.165) is 22.0 Å². The molecule has 3 atom stereocenters. The van der Waals surface area contributed by atoms with Crippen molar-refractivity contribution in [3.8, 4) is 11.8 Å². The van der Waals surface area contributed by atoms with Crippen molar-refractivity contribution < 1.29 is 14.0 Å². The zero-order chi connectivity index (χ0) is 21.0. The van der Waals surface area contributed by atoms with Gasteiger partial charge in [-0.2, -0.15) is 0 Å². The van der Waals surface area contributed by atoms with E-state index in [-0.39, 0.29) is 23.0 Å². The summed E-state index contributed by atoms with van der Waals surface area (Å²) in [5.41, 5.74) is 2.49. The minimum atomic E-state index is -1.82. The molecule has 1 aromatic rings. The normalized spacial score (nSPS) is 29.0. The van der Waals surface area contributed by atoms with Gasteiger partial charge in [0.1, 0.15) is 11.5 Å². The van der Waals surface area contributed by atoms with Gasteiger partial charge in [-0.05, 0) is 53.4 Å². The van der Waals surface area contributed by atoms with Crippen LogP contribution in [0.1, 0.15) is 44.2 Å². The van der Waals surface area contributed by atoms with E-state index in [2.05, 4.69) is 79.8 Å². The van der Waals surface area contributed by atoms with Crippen LogP contribution in [0.2, 0.25) is 18.1 Å². The zero-order valence-corrected chi connectivity index (χ0v) is 20.2. The average Bonchev–Trinajstić information content (AvgIpc) is 2.91. The number of rotatable bonds is 2. The van der Waals surface area contributed by atoms with Crippen LogP contribution in [-0.4, -0.2) is 27.0 Å². The van der Waals surface area contributed by atoms with Crippen molar-refractivity contribution >= 4 is 35.8 Å². The number of ether oxygens (including phenoxy) is 1. The Bertz CT molecular complexity index is 989. The number of hydrogen-bond acceptors (Lipinski definition) is 3. The topological polar surface area (TPSA) is 35.5 Å².